The summed E-state index contributed by atoms with van der Waals surface area (Å²) in [5.74, 6) is 0. The predicted molar refractivity (Wildman–Crippen MR) is 57.8 cm³/mol. The summed E-state index contributed by atoms with van der Waals surface area (Å²) in [7, 11) is -1.84. The van der Waals surface area contributed by atoms with Gasteiger partial charge in [0, 0.05) is 26.2 Å². The molecule has 0 aliphatic carbocycles. The Morgan fingerprint density at radius 3 is 2.93 bits per heavy atom. The third kappa shape index (κ3) is 5.43. The van der Waals surface area contributed by atoms with Crippen LogP contribution in [-0.2, 0) is 14.9 Å². The van der Waals surface area contributed by atoms with Crippen LogP contribution in [-0.4, -0.2) is 47.8 Å². The van der Waals surface area contributed by atoms with Gasteiger partial charge in [0.05, 0.1) is 6.61 Å². The zero-order chi connectivity index (χ0) is 11.1. The van der Waals surface area contributed by atoms with Crippen LogP contribution in [0.4, 0.5) is 0 Å². The lowest BCUT2D eigenvalue weighted by Crippen LogP contribution is -2.49. The van der Waals surface area contributed by atoms with E-state index >= 15 is 0 Å². The van der Waals surface area contributed by atoms with Crippen LogP contribution >= 0.6 is 0 Å². The monoisotopic (exact) mass is 237 g/mol. The van der Waals surface area contributed by atoms with Gasteiger partial charge >= 0.3 is 0 Å². The van der Waals surface area contributed by atoms with Crippen LogP contribution in [0.1, 0.15) is 12.8 Å². The fourth-order valence-corrected chi connectivity index (χ4v) is 2.57. The molecule has 0 aromatic rings. The number of rotatable bonds is 6. The second-order valence-electron chi connectivity index (χ2n) is 3.55. The summed E-state index contributed by atoms with van der Waals surface area (Å²) in [4.78, 5) is 0. The molecule has 1 atom stereocenters. The summed E-state index contributed by atoms with van der Waals surface area (Å²) < 4.78 is 32.7. The quantitative estimate of drug-likeness (QED) is 0.508. The number of methoxy groups -OCH3 is 1. The molecule has 15 heavy (non-hydrogen) atoms. The molecule has 0 spiro atoms. The first-order valence-corrected chi connectivity index (χ1v) is 6.59. The molecule has 0 unspecified atom stereocenters. The Bertz CT molecular complexity index is 262. The first-order valence-electron chi connectivity index (χ1n) is 5.10. The molecule has 0 amide bonds. The van der Waals surface area contributed by atoms with Gasteiger partial charge in [0.1, 0.15) is 0 Å². The lowest BCUT2D eigenvalue weighted by Gasteiger charge is -2.23. The summed E-state index contributed by atoms with van der Waals surface area (Å²) >= 11 is 0. The molecule has 1 aliphatic rings. The maximum absolute atomic E-state index is 11.5. The highest BCUT2D eigenvalue weighted by molar-refractivity contribution is 7.87. The van der Waals surface area contributed by atoms with Crippen LogP contribution in [0.25, 0.3) is 0 Å². The van der Waals surface area contributed by atoms with Gasteiger partial charge in [-0.1, -0.05) is 0 Å². The van der Waals surface area contributed by atoms with Crippen molar-refractivity contribution in [3.63, 3.8) is 0 Å². The van der Waals surface area contributed by atoms with Crippen molar-refractivity contribution in [3.8, 4) is 0 Å². The van der Waals surface area contributed by atoms with E-state index in [9.17, 15) is 8.42 Å². The number of piperidine rings is 1. The van der Waals surface area contributed by atoms with Gasteiger partial charge in [-0.05, 0) is 19.4 Å². The molecule has 90 valence electrons. The third-order valence-corrected chi connectivity index (χ3v) is 3.44. The van der Waals surface area contributed by atoms with E-state index in [1.54, 1.807) is 0 Å². The Balaban J connectivity index is 2.27. The molecule has 7 heteroatoms. The van der Waals surface area contributed by atoms with Crippen molar-refractivity contribution >= 4 is 10.2 Å². The molecule has 0 radical (unpaired) electrons. The maximum Gasteiger partial charge on any atom is 0.277 e. The maximum atomic E-state index is 11.5. The molecular weight excluding hydrogens is 218 g/mol. The Morgan fingerprint density at radius 1 is 1.53 bits per heavy atom. The summed E-state index contributed by atoms with van der Waals surface area (Å²) in [6, 6.07) is -0.00112. The minimum atomic E-state index is -3.37. The summed E-state index contributed by atoms with van der Waals surface area (Å²) in [5, 5.41) is 3.15. The van der Waals surface area contributed by atoms with Crippen molar-refractivity contribution in [2.24, 2.45) is 0 Å². The largest absolute Gasteiger partial charge is 0.383 e. The van der Waals surface area contributed by atoms with Gasteiger partial charge in [0.15, 0.2) is 0 Å². The molecule has 3 N–H and O–H groups in total. The molecule has 0 bridgehead atoms. The van der Waals surface area contributed by atoms with Gasteiger partial charge < -0.3 is 10.1 Å². The normalized spacial score (nSPS) is 22.9. The van der Waals surface area contributed by atoms with Gasteiger partial charge in [-0.25, -0.2) is 0 Å². The zero-order valence-corrected chi connectivity index (χ0v) is 9.77. The molecule has 1 fully saturated rings. The number of hydrogen-bond donors (Lipinski definition) is 3. The average molecular weight is 237 g/mol. The molecule has 6 nitrogen and oxygen atoms in total. The van der Waals surface area contributed by atoms with E-state index in [0.29, 0.717) is 19.7 Å². The van der Waals surface area contributed by atoms with Crippen molar-refractivity contribution in [3.05, 3.63) is 0 Å². The van der Waals surface area contributed by atoms with Crippen molar-refractivity contribution in [1.29, 1.82) is 0 Å². The van der Waals surface area contributed by atoms with Crippen molar-refractivity contribution in [2.45, 2.75) is 18.9 Å². The second-order valence-corrected chi connectivity index (χ2v) is 5.08. The van der Waals surface area contributed by atoms with E-state index in [-0.39, 0.29) is 6.04 Å². The first-order chi connectivity index (χ1) is 7.14. The smallest absolute Gasteiger partial charge is 0.277 e. The molecule has 0 aromatic heterocycles. The minimum absolute atomic E-state index is 0.00112. The van der Waals surface area contributed by atoms with Crippen LogP contribution in [0, 0.1) is 0 Å². The van der Waals surface area contributed by atoms with E-state index in [1.165, 1.54) is 7.11 Å². The molecule has 1 aliphatic heterocycles. The summed E-state index contributed by atoms with van der Waals surface area (Å²) in [6.45, 7) is 2.34. The van der Waals surface area contributed by atoms with Crippen LogP contribution < -0.4 is 14.8 Å². The molecule has 1 rings (SSSR count). The fraction of sp³-hybridized carbons (Fsp3) is 1.00. The van der Waals surface area contributed by atoms with Crippen LogP contribution in [0.3, 0.4) is 0 Å². The SMILES string of the molecule is COCCNS(=O)(=O)N[C@H]1CCCNC1. The molecule has 1 heterocycles. The van der Waals surface area contributed by atoms with E-state index in [4.69, 9.17) is 4.74 Å². The van der Waals surface area contributed by atoms with Crippen LogP contribution in [0.2, 0.25) is 0 Å². The van der Waals surface area contributed by atoms with E-state index < -0.39 is 10.2 Å². The van der Waals surface area contributed by atoms with Crippen molar-refractivity contribution < 1.29 is 13.2 Å². The Morgan fingerprint density at radius 2 is 2.33 bits per heavy atom. The molecule has 1 saturated heterocycles. The van der Waals surface area contributed by atoms with Gasteiger partial charge in [-0.2, -0.15) is 17.9 Å². The van der Waals surface area contributed by atoms with Crippen molar-refractivity contribution in [2.75, 3.05) is 33.4 Å². The van der Waals surface area contributed by atoms with E-state index in [1.807, 2.05) is 0 Å². The average Bonchev–Trinajstić information content (AvgIpc) is 2.18. The molecule has 0 saturated carbocycles. The predicted octanol–water partition coefficient (Wildman–Crippen LogP) is -1.19. The standard InChI is InChI=1S/C8H19N3O3S/c1-14-6-5-10-15(12,13)11-8-3-2-4-9-7-8/h8-11H,2-7H2,1H3/t8-/m0/s1. The van der Waals surface area contributed by atoms with Crippen LogP contribution in [0.15, 0.2) is 0 Å². The summed E-state index contributed by atoms with van der Waals surface area (Å²) in [6.07, 6.45) is 1.89. The number of ether oxygens (including phenoxy) is 1. The van der Waals surface area contributed by atoms with Crippen LogP contribution in [0.5, 0.6) is 0 Å². The number of hydrogen-bond acceptors (Lipinski definition) is 4. The van der Waals surface area contributed by atoms with Gasteiger partial charge in [-0.3, -0.25) is 0 Å². The second kappa shape index (κ2) is 6.39. The fourth-order valence-electron chi connectivity index (χ4n) is 1.49. The molecule has 0 aromatic carbocycles. The van der Waals surface area contributed by atoms with Gasteiger partial charge in [0.25, 0.3) is 10.2 Å². The van der Waals surface area contributed by atoms with Gasteiger partial charge in [0.2, 0.25) is 0 Å². The van der Waals surface area contributed by atoms with Crippen molar-refractivity contribution in [1.82, 2.24) is 14.8 Å². The lowest BCUT2D eigenvalue weighted by atomic mass is 10.1. The Labute approximate surface area is 90.9 Å². The zero-order valence-electron chi connectivity index (χ0n) is 8.95. The number of nitrogens with one attached hydrogen (secondary N) is 3. The Hall–Kier alpha value is -0.210. The van der Waals surface area contributed by atoms with E-state index in [2.05, 4.69) is 14.8 Å². The Kier molecular flexibility index (Phi) is 5.48. The highest BCUT2D eigenvalue weighted by Crippen LogP contribution is 2.01. The topological polar surface area (TPSA) is 79.5 Å². The highest BCUT2D eigenvalue weighted by Gasteiger charge is 2.18. The minimum Gasteiger partial charge on any atom is -0.383 e. The van der Waals surface area contributed by atoms with E-state index in [0.717, 1.165) is 19.4 Å². The third-order valence-electron chi connectivity index (χ3n) is 2.22. The summed E-state index contributed by atoms with van der Waals surface area (Å²) in [5.41, 5.74) is 0. The highest BCUT2D eigenvalue weighted by atomic mass is 32.2. The molecular formula is C8H19N3O3S. The van der Waals surface area contributed by atoms with Gasteiger partial charge in [-0.15, -0.1) is 0 Å². The lowest BCUT2D eigenvalue weighted by molar-refractivity contribution is 0.204. The first kappa shape index (κ1) is 12.9.